The number of carboxylic acid groups (broad SMARTS) is 1. The second-order valence-corrected chi connectivity index (χ2v) is 6.04. The van der Waals surface area contributed by atoms with Gasteiger partial charge in [-0.15, -0.1) is 0 Å². The molecule has 0 saturated carbocycles. The molecular formula is C8H14N2O6S. The molecule has 1 rings (SSSR count). The monoisotopic (exact) mass is 266 g/mol. The molecule has 0 bridgehead atoms. The van der Waals surface area contributed by atoms with Crippen molar-refractivity contribution < 1.29 is 28.2 Å². The molecule has 0 aromatic rings. The van der Waals surface area contributed by atoms with Gasteiger partial charge in [-0.1, -0.05) is 0 Å². The molecule has 0 aromatic carbocycles. The Balaban J connectivity index is 2.29. The third-order valence-corrected chi connectivity index (χ3v) is 4.08. The lowest BCUT2D eigenvalue weighted by Crippen LogP contribution is -2.46. The van der Waals surface area contributed by atoms with Crippen molar-refractivity contribution >= 4 is 21.8 Å². The third kappa shape index (κ3) is 4.57. The van der Waals surface area contributed by atoms with Crippen LogP contribution in [0.2, 0.25) is 0 Å². The van der Waals surface area contributed by atoms with Crippen molar-refractivity contribution in [2.45, 2.75) is 18.6 Å². The Hall–Kier alpha value is -1.35. The topological polar surface area (TPSA) is 133 Å². The van der Waals surface area contributed by atoms with Gasteiger partial charge in [-0.2, -0.15) is 0 Å². The first-order chi connectivity index (χ1) is 7.80. The van der Waals surface area contributed by atoms with Crippen LogP contribution in [0.15, 0.2) is 0 Å². The number of aliphatic carboxylic acids is 1. The first-order valence-corrected chi connectivity index (χ1v) is 6.78. The normalized spacial score (nSPS) is 23.9. The van der Waals surface area contributed by atoms with Gasteiger partial charge in [0.15, 0.2) is 15.9 Å². The fourth-order valence-corrected chi connectivity index (χ4v) is 3.10. The smallest absolute Gasteiger partial charge is 0.334 e. The number of aliphatic hydroxyl groups is 1. The number of carboxylic acids is 1. The summed E-state index contributed by atoms with van der Waals surface area (Å²) < 4.78 is 22.2. The lowest BCUT2D eigenvalue weighted by Gasteiger charge is -2.12. The van der Waals surface area contributed by atoms with Crippen molar-refractivity contribution in [1.29, 1.82) is 0 Å². The van der Waals surface area contributed by atoms with Gasteiger partial charge in [0.2, 0.25) is 0 Å². The Kier molecular flexibility index (Phi) is 4.29. The minimum atomic E-state index is -3.07. The van der Waals surface area contributed by atoms with E-state index in [1.54, 1.807) is 0 Å². The number of sulfone groups is 1. The van der Waals surface area contributed by atoms with E-state index in [1.807, 2.05) is 0 Å². The minimum absolute atomic E-state index is 0.0374. The number of amides is 2. The second kappa shape index (κ2) is 5.32. The van der Waals surface area contributed by atoms with E-state index in [4.69, 9.17) is 10.2 Å². The van der Waals surface area contributed by atoms with Crippen molar-refractivity contribution in [2.75, 3.05) is 18.1 Å². The highest BCUT2D eigenvalue weighted by Gasteiger charge is 2.29. The molecule has 1 heterocycles. The number of carbonyl (C=O) groups excluding carboxylic acids is 1. The number of hydrogen-bond acceptors (Lipinski definition) is 5. The van der Waals surface area contributed by atoms with Crippen LogP contribution in [0.25, 0.3) is 0 Å². The van der Waals surface area contributed by atoms with Crippen molar-refractivity contribution in [3.05, 3.63) is 0 Å². The van der Waals surface area contributed by atoms with E-state index >= 15 is 0 Å². The summed E-state index contributed by atoms with van der Waals surface area (Å²) in [7, 11) is -3.07. The van der Waals surface area contributed by atoms with Crippen molar-refractivity contribution in [2.24, 2.45) is 0 Å². The first kappa shape index (κ1) is 13.7. The molecule has 1 saturated heterocycles. The summed E-state index contributed by atoms with van der Waals surface area (Å²) in [6.07, 6.45) is -1.33. The quantitative estimate of drug-likeness (QED) is 0.461. The molecule has 8 nitrogen and oxygen atoms in total. The van der Waals surface area contributed by atoms with E-state index in [0.29, 0.717) is 6.42 Å². The van der Waals surface area contributed by atoms with Gasteiger partial charge in [0.25, 0.3) is 0 Å². The summed E-state index contributed by atoms with van der Waals surface area (Å²) in [5.41, 5.74) is 0. The summed E-state index contributed by atoms with van der Waals surface area (Å²) in [5.74, 6) is -1.51. The Morgan fingerprint density at radius 3 is 2.53 bits per heavy atom. The summed E-state index contributed by atoms with van der Waals surface area (Å²) in [4.78, 5) is 21.5. The zero-order valence-corrected chi connectivity index (χ0v) is 9.74. The molecule has 2 amide bonds. The largest absolute Gasteiger partial charge is 0.479 e. The van der Waals surface area contributed by atoms with Crippen LogP contribution in [0.3, 0.4) is 0 Å². The summed E-state index contributed by atoms with van der Waals surface area (Å²) in [5, 5.41) is 21.8. The minimum Gasteiger partial charge on any atom is -0.479 e. The molecule has 0 aliphatic carbocycles. The van der Waals surface area contributed by atoms with Crippen molar-refractivity contribution in [3.63, 3.8) is 0 Å². The summed E-state index contributed by atoms with van der Waals surface area (Å²) in [6.45, 7) is -0.430. The van der Waals surface area contributed by atoms with Gasteiger partial charge in [0.05, 0.1) is 18.1 Å². The van der Waals surface area contributed by atoms with Crippen LogP contribution in [0, 0.1) is 0 Å². The number of urea groups is 1. The van der Waals surface area contributed by atoms with Crippen LogP contribution >= 0.6 is 0 Å². The lowest BCUT2D eigenvalue weighted by atomic mass is 10.3. The SMILES string of the molecule is O=C(NCC(O)C(=O)O)NC1CCS(=O)(=O)C1. The molecule has 2 atom stereocenters. The van der Waals surface area contributed by atoms with Gasteiger partial charge in [-0.3, -0.25) is 0 Å². The number of carbonyl (C=O) groups is 2. The Morgan fingerprint density at radius 2 is 2.06 bits per heavy atom. The highest BCUT2D eigenvalue weighted by molar-refractivity contribution is 7.91. The first-order valence-electron chi connectivity index (χ1n) is 4.96. The highest BCUT2D eigenvalue weighted by Crippen LogP contribution is 2.10. The molecule has 17 heavy (non-hydrogen) atoms. The molecule has 98 valence electrons. The molecule has 4 N–H and O–H groups in total. The van der Waals surface area contributed by atoms with Gasteiger partial charge in [-0.05, 0) is 6.42 Å². The predicted octanol–water partition coefficient (Wildman–Crippen LogP) is -2.08. The maximum absolute atomic E-state index is 11.2. The van der Waals surface area contributed by atoms with Crippen LogP contribution in [0.4, 0.5) is 4.79 Å². The molecule has 0 spiro atoms. The Morgan fingerprint density at radius 1 is 1.41 bits per heavy atom. The van der Waals surface area contributed by atoms with Gasteiger partial charge < -0.3 is 20.8 Å². The molecule has 0 radical (unpaired) electrons. The number of hydrogen-bond donors (Lipinski definition) is 4. The number of nitrogens with one attached hydrogen (secondary N) is 2. The predicted molar refractivity (Wildman–Crippen MR) is 57.2 cm³/mol. The van der Waals surface area contributed by atoms with Crippen molar-refractivity contribution in [1.82, 2.24) is 10.6 Å². The average Bonchev–Trinajstić information content (AvgIpc) is 2.54. The van der Waals surface area contributed by atoms with Crippen LogP contribution in [0.5, 0.6) is 0 Å². The van der Waals surface area contributed by atoms with E-state index in [-0.39, 0.29) is 11.5 Å². The molecule has 2 unspecified atom stereocenters. The molecule has 0 aromatic heterocycles. The highest BCUT2D eigenvalue weighted by atomic mass is 32.2. The van der Waals surface area contributed by atoms with E-state index in [0.717, 1.165) is 0 Å². The van der Waals surface area contributed by atoms with Gasteiger partial charge in [0, 0.05) is 6.04 Å². The van der Waals surface area contributed by atoms with Crippen LogP contribution in [0.1, 0.15) is 6.42 Å². The zero-order valence-electron chi connectivity index (χ0n) is 8.92. The molecule has 9 heteroatoms. The molecular weight excluding hydrogens is 252 g/mol. The standard InChI is InChI=1S/C8H14N2O6S/c11-6(7(12)13)3-9-8(14)10-5-1-2-17(15,16)4-5/h5-6,11H,1-4H2,(H,12,13)(H2,9,10,14). The second-order valence-electron chi connectivity index (χ2n) is 3.81. The van der Waals surface area contributed by atoms with E-state index in [9.17, 15) is 18.0 Å². The van der Waals surface area contributed by atoms with Crippen LogP contribution in [-0.2, 0) is 14.6 Å². The van der Waals surface area contributed by atoms with E-state index < -0.39 is 40.5 Å². The molecule has 1 fully saturated rings. The van der Waals surface area contributed by atoms with E-state index in [1.165, 1.54) is 0 Å². The fourth-order valence-electron chi connectivity index (χ4n) is 1.42. The lowest BCUT2D eigenvalue weighted by molar-refractivity contribution is -0.146. The van der Waals surface area contributed by atoms with Gasteiger partial charge in [-0.25, -0.2) is 18.0 Å². The maximum Gasteiger partial charge on any atom is 0.334 e. The fraction of sp³-hybridized carbons (Fsp3) is 0.750. The zero-order chi connectivity index (χ0) is 13.1. The van der Waals surface area contributed by atoms with Crippen LogP contribution < -0.4 is 10.6 Å². The van der Waals surface area contributed by atoms with Gasteiger partial charge in [0.1, 0.15) is 0 Å². The molecule has 1 aliphatic heterocycles. The summed E-state index contributed by atoms with van der Waals surface area (Å²) >= 11 is 0. The Bertz CT molecular complexity index is 406. The van der Waals surface area contributed by atoms with Gasteiger partial charge >= 0.3 is 12.0 Å². The Labute approximate surface area is 97.9 Å². The number of aliphatic hydroxyl groups excluding tert-OH is 1. The summed E-state index contributed by atoms with van der Waals surface area (Å²) in [6, 6.07) is -1.14. The van der Waals surface area contributed by atoms with E-state index in [2.05, 4.69) is 10.6 Å². The number of rotatable bonds is 4. The molecule has 1 aliphatic rings. The van der Waals surface area contributed by atoms with Crippen LogP contribution in [-0.4, -0.2) is 60.8 Å². The third-order valence-electron chi connectivity index (χ3n) is 2.31. The van der Waals surface area contributed by atoms with Crippen molar-refractivity contribution in [3.8, 4) is 0 Å². The maximum atomic E-state index is 11.2. The average molecular weight is 266 g/mol.